The molecular formula is C13H15BrFNO. The largest absolute Gasteiger partial charge is 0.489 e. The number of hydrogen-bond acceptors (Lipinski definition) is 2. The van der Waals surface area contributed by atoms with E-state index in [2.05, 4.69) is 15.9 Å². The molecule has 2 fully saturated rings. The molecule has 0 heterocycles. The van der Waals surface area contributed by atoms with Crippen LogP contribution in [0.15, 0.2) is 16.6 Å². The fourth-order valence-corrected chi connectivity index (χ4v) is 2.64. The molecule has 0 amide bonds. The molecule has 2 saturated carbocycles. The SMILES string of the molecule is NC1(c2cc(F)cc(Br)c2OC2CCC2)CC1. The summed E-state index contributed by atoms with van der Waals surface area (Å²) >= 11 is 3.38. The van der Waals surface area contributed by atoms with Crippen molar-refractivity contribution in [1.82, 2.24) is 0 Å². The van der Waals surface area contributed by atoms with E-state index in [9.17, 15) is 4.39 Å². The molecule has 0 bridgehead atoms. The van der Waals surface area contributed by atoms with E-state index in [4.69, 9.17) is 10.5 Å². The maximum Gasteiger partial charge on any atom is 0.139 e. The average molecular weight is 300 g/mol. The average Bonchev–Trinajstić information content (AvgIpc) is 2.93. The van der Waals surface area contributed by atoms with Crippen LogP contribution in [0.5, 0.6) is 5.75 Å². The molecule has 2 N–H and O–H groups in total. The van der Waals surface area contributed by atoms with Crippen molar-refractivity contribution < 1.29 is 9.13 Å². The summed E-state index contributed by atoms with van der Waals surface area (Å²) < 4.78 is 20.1. The Kier molecular flexibility index (Phi) is 2.67. The van der Waals surface area contributed by atoms with Crippen LogP contribution in [0.25, 0.3) is 0 Å². The van der Waals surface area contributed by atoms with Gasteiger partial charge in [0, 0.05) is 11.1 Å². The predicted molar refractivity (Wildman–Crippen MR) is 67.5 cm³/mol. The van der Waals surface area contributed by atoms with Crippen molar-refractivity contribution in [2.45, 2.75) is 43.7 Å². The Labute approximate surface area is 108 Å². The molecule has 4 heteroatoms. The van der Waals surface area contributed by atoms with Crippen molar-refractivity contribution in [1.29, 1.82) is 0 Å². The van der Waals surface area contributed by atoms with E-state index in [0.717, 1.165) is 37.0 Å². The lowest BCUT2D eigenvalue weighted by atomic mass is 9.95. The number of benzene rings is 1. The van der Waals surface area contributed by atoms with E-state index in [1.165, 1.54) is 18.6 Å². The van der Waals surface area contributed by atoms with Crippen LogP contribution in [-0.2, 0) is 5.54 Å². The third-order valence-corrected chi connectivity index (χ3v) is 4.26. The maximum absolute atomic E-state index is 13.5. The van der Waals surface area contributed by atoms with Crippen molar-refractivity contribution in [3.8, 4) is 5.75 Å². The highest BCUT2D eigenvalue weighted by atomic mass is 79.9. The Morgan fingerprint density at radius 3 is 2.59 bits per heavy atom. The lowest BCUT2D eigenvalue weighted by Gasteiger charge is -2.29. The summed E-state index contributed by atoms with van der Waals surface area (Å²) in [7, 11) is 0. The van der Waals surface area contributed by atoms with E-state index in [-0.39, 0.29) is 17.5 Å². The molecule has 2 aliphatic carbocycles. The van der Waals surface area contributed by atoms with Gasteiger partial charge in [0.25, 0.3) is 0 Å². The van der Waals surface area contributed by atoms with Gasteiger partial charge in [-0.15, -0.1) is 0 Å². The Morgan fingerprint density at radius 1 is 1.35 bits per heavy atom. The van der Waals surface area contributed by atoms with Crippen LogP contribution in [0.4, 0.5) is 4.39 Å². The molecule has 0 atom stereocenters. The van der Waals surface area contributed by atoms with Crippen molar-refractivity contribution in [3.05, 3.63) is 28.0 Å². The summed E-state index contributed by atoms with van der Waals surface area (Å²) in [5.74, 6) is 0.487. The van der Waals surface area contributed by atoms with Crippen LogP contribution in [0.1, 0.15) is 37.7 Å². The summed E-state index contributed by atoms with van der Waals surface area (Å²) in [5, 5.41) is 0. The van der Waals surface area contributed by atoms with Gasteiger partial charge in [-0.2, -0.15) is 0 Å². The fraction of sp³-hybridized carbons (Fsp3) is 0.538. The Morgan fingerprint density at radius 2 is 2.06 bits per heavy atom. The minimum Gasteiger partial charge on any atom is -0.489 e. The smallest absolute Gasteiger partial charge is 0.139 e. The molecule has 0 spiro atoms. The minimum absolute atomic E-state index is 0.260. The van der Waals surface area contributed by atoms with Gasteiger partial charge in [-0.05, 0) is 60.2 Å². The molecule has 2 nitrogen and oxygen atoms in total. The number of halogens is 2. The second kappa shape index (κ2) is 3.95. The monoisotopic (exact) mass is 299 g/mol. The van der Waals surface area contributed by atoms with E-state index < -0.39 is 0 Å². The Balaban J connectivity index is 1.98. The maximum atomic E-state index is 13.5. The molecule has 17 heavy (non-hydrogen) atoms. The van der Waals surface area contributed by atoms with Gasteiger partial charge in [0.1, 0.15) is 11.6 Å². The molecule has 1 aromatic carbocycles. The zero-order chi connectivity index (χ0) is 12.0. The Bertz CT molecular complexity index is 455. The van der Waals surface area contributed by atoms with Crippen molar-refractivity contribution >= 4 is 15.9 Å². The summed E-state index contributed by atoms with van der Waals surface area (Å²) in [5.41, 5.74) is 6.62. The number of ether oxygens (including phenoxy) is 1. The van der Waals surface area contributed by atoms with E-state index in [1.54, 1.807) is 0 Å². The molecule has 0 unspecified atom stereocenters. The number of rotatable bonds is 3. The second-order valence-corrected chi connectivity index (χ2v) is 5.95. The molecule has 0 aromatic heterocycles. The fourth-order valence-electron chi connectivity index (χ4n) is 2.11. The van der Waals surface area contributed by atoms with Crippen LogP contribution in [-0.4, -0.2) is 6.10 Å². The third-order valence-electron chi connectivity index (χ3n) is 3.67. The van der Waals surface area contributed by atoms with Crippen molar-refractivity contribution in [3.63, 3.8) is 0 Å². The first-order chi connectivity index (χ1) is 8.08. The van der Waals surface area contributed by atoms with Gasteiger partial charge >= 0.3 is 0 Å². The van der Waals surface area contributed by atoms with E-state index in [1.807, 2.05) is 0 Å². The normalized spacial score (nSPS) is 22.1. The van der Waals surface area contributed by atoms with Crippen molar-refractivity contribution in [2.75, 3.05) is 0 Å². The predicted octanol–water partition coefficient (Wildman–Crippen LogP) is 3.47. The molecule has 0 radical (unpaired) electrons. The van der Waals surface area contributed by atoms with Crippen LogP contribution in [0.3, 0.4) is 0 Å². The van der Waals surface area contributed by atoms with Gasteiger partial charge in [-0.25, -0.2) is 4.39 Å². The van der Waals surface area contributed by atoms with Crippen LogP contribution in [0, 0.1) is 5.82 Å². The summed E-state index contributed by atoms with van der Waals surface area (Å²) in [4.78, 5) is 0. The lowest BCUT2D eigenvalue weighted by Crippen LogP contribution is -2.27. The standard InChI is InChI=1S/C13H15BrFNO/c14-11-7-8(15)6-10(13(16)4-5-13)12(11)17-9-2-1-3-9/h6-7,9H,1-5,16H2. The minimum atomic E-state index is -0.371. The molecular weight excluding hydrogens is 285 g/mol. The molecule has 0 aliphatic heterocycles. The molecule has 0 saturated heterocycles. The first-order valence-electron chi connectivity index (χ1n) is 6.03. The molecule has 92 valence electrons. The summed E-state index contributed by atoms with van der Waals surface area (Å²) in [6, 6.07) is 2.97. The van der Waals surface area contributed by atoms with Crippen LogP contribution in [0.2, 0.25) is 0 Å². The van der Waals surface area contributed by atoms with E-state index >= 15 is 0 Å². The first kappa shape index (κ1) is 11.5. The second-order valence-electron chi connectivity index (χ2n) is 5.09. The quantitative estimate of drug-likeness (QED) is 0.927. The topological polar surface area (TPSA) is 35.2 Å². The van der Waals surface area contributed by atoms with Gasteiger partial charge in [0.15, 0.2) is 0 Å². The van der Waals surface area contributed by atoms with E-state index in [0.29, 0.717) is 4.47 Å². The summed E-state index contributed by atoms with van der Waals surface area (Å²) in [6.07, 6.45) is 5.47. The van der Waals surface area contributed by atoms with Gasteiger partial charge in [0.2, 0.25) is 0 Å². The highest BCUT2D eigenvalue weighted by molar-refractivity contribution is 9.10. The first-order valence-corrected chi connectivity index (χ1v) is 6.83. The number of hydrogen-bond donors (Lipinski definition) is 1. The lowest BCUT2D eigenvalue weighted by molar-refractivity contribution is 0.117. The Hall–Kier alpha value is -0.610. The third kappa shape index (κ3) is 2.08. The zero-order valence-electron chi connectivity index (χ0n) is 9.51. The van der Waals surface area contributed by atoms with Gasteiger partial charge in [0.05, 0.1) is 10.6 Å². The zero-order valence-corrected chi connectivity index (χ0v) is 11.1. The van der Waals surface area contributed by atoms with Crippen LogP contribution < -0.4 is 10.5 Å². The highest BCUT2D eigenvalue weighted by Gasteiger charge is 2.43. The van der Waals surface area contributed by atoms with Gasteiger partial charge in [-0.3, -0.25) is 0 Å². The van der Waals surface area contributed by atoms with Crippen molar-refractivity contribution in [2.24, 2.45) is 5.73 Å². The van der Waals surface area contributed by atoms with Gasteiger partial charge < -0.3 is 10.5 Å². The van der Waals surface area contributed by atoms with Crippen LogP contribution >= 0.6 is 15.9 Å². The molecule has 1 aromatic rings. The highest BCUT2D eigenvalue weighted by Crippen LogP contribution is 2.49. The number of nitrogens with two attached hydrogens (primary N) is 1. The summed E-state index contributed by atoms with van der Waals surface area (Å²) in [6.45, 7) is 0. The molecule has 3 rings (SSSR count). The molecule has 2 aliphatic rings. The van der Waals surface area contributed by atoms with Gasteiger partial charge in [-0.1, -0.05) is 0 Å².